The summed E-state index contributed by atoms with van der Waals surface area (Å²) < 4.78 is 17.8. The van der Waals surface area contributed by atoms with Gasteiger partial charge in [-0.1, -0.05) is 6.07 Å². The zero-order chi connectivity index (χ0) is 18.1. The topological polar surface area (TPSA) is 77.0 Å². The third kappa shape index (κ3) is 3.67. The molecule has 7 heteroatoms. The number of nitrogens with one attached hydrogen (secondary N) is 1. The molecule has 2 N–H and O–H groups in total. The van der Waals surface area contributed by atoms with E-state index in [0.717, 1.165) is 5.46 Å². The molecule has 0 aliphatic carbocycles. The fourth-order valence-electron chi connectivity index (χ4n) is 2.35. The Labute approximate surface area is 143 Å². The zero-order valence-electron chi connectivity index (χ0n) is 15.2. The van der Waals surface area contributed by atoms with Gasteiger partial charge in [-0.2, -0.15) is 0 Å². The average molecular weight is 335 g/mol. The van der Waals surface area contributed by atoms with Crippen molar-refractivity contribution in [1.29, 1.82) is 0 Å². The van der Waals surface area contributed by atoms with E-state index in [2.05, 4.69) is 5.32 Å². The maximum Gasteiger partial charge on any atom is 0.494 e. The van der Waals surface area contributed by atoms with Crippen LogP contribution in [0.4, 0.5) is 5.69 Å². The van der Waals surface area contributed by atoms with Crippen LogP contribution in [0.5, 0.6) is 5.75 Å². The highest BCUT2D eigenvalue weighted by molar-refractivity contribution is 6.62. The second-order valence-electron chi connectivity index (χ2n) is 6.98. The second kappa shape index (κ2) is 6.65. The second-order valence-corrected chi connectivity index (χ2v) is 6.98. The number of ether oxygens (including phenoxy) is 1. The largest absolute Gasteiger partial charge is 0.494 e. The van der Waals surface area contributed by atoms with Gasteiger partial charge >= 0.3 is 13.1 Å². The lowest BCUT2D eigenvalue weighted by molar-refractivity contribution is -0.137. The smallest absolute Gasteiger partial charge is 0.492 e. The number of anilines is 1. The molecule has 1 fully saturated rings. The van der Waals surface area contributed by atoms with Crippen LogP contribution in [0, 0.1) is 0 Å². The molecule has 0 saturated carbocycles. The number of carboxylic acids is 1. The Hall–Kier alpha value is -1.73. The molecule has 0 spiro atoms. The van der Waals surface area contributed by atoms with Gasteiger partial charge in [-0.3, -0.25) is 4.79 Å². The average Bonchev–Trinajstić information content (AvgIpc) is 2.69. The summed E-state index contributed by atoms with van der Waals surface area (Å²) in [5.41, 5.74) is 0.633. The number of carboxylic acid groups (broad SMARTS) is 1. The first-order valence-corrected chi connectivity index (χ1v) is 8.19. The van der Waals surface area contributed by atoms with Crippen LogP contribution >= 0.6 is 0 Å². The predicted octanol–water partition coefficient (Wildman–Crippen LogP) is 2.27. The molecular formula is C17H26BNO5. The Morgan fingerprint density at radius 3 is 2.38 bits per heavy atom. The van der Waals surface area contributed by atoms with Crippen molar-refractivity contribution in [2.75, 3.05) is 11.9 Å². The molecule has 6 nitrogen and oxygen atoms in total. The molecule has 1 saturated heterocycles. The van der Waals surface area contributed by atoms with Crippen molar-refractivity contribution in [2.24, 2.45) is 0 Å². The van der Waals surface area contributed by atoms with Gasteiger partial charge in [0.15, 0.2) is 0 Å². The van der Waals surface area contributed by atoms with Crippen molar-refractivity contribution >= 4 is 24.2 Å². The van der Waals surface area contributed by atoms with Crippen LogP contribution in [0.25, 0.3) is 0 Å². The molecule has 1 aliphatic rings. The molecule has 1 aromatic carbocycles. The molecule has 132 valence electrons. The highest BCUT2D eigenvalue weighted by atomic mass is 16.7. The summed E-state index contributed by atoms with van der Waals surface area (Å²) in [5, 5.41) is 12.0. The summed E-state index contributed by atoms with van der Waals surface area (Å²) in [4.78, 5) is 11.0. The maximum atomic E-state index is 11.0. The number of benzene rings is 1. The molecule has 2 rings (SSSR count). The number of aliphatic carboxylic acids is 1. The Morgan fingerprint density at radius 1 is 1.29 bits per heavy atom. The summed E-state index contributed by atoms with van der Waals surface area (Å²) in [7, 11) is -0.486. The van der Waals surface area contributed by atoms with Crippen LogP contribution in [-0.2, 0) is 14.1 Å². The van der Waals surface area contributed by atoms with Crippen LogP contribution in [0.15, 0.2) is 18.2 Å². The van der Waals surface area contributed by atoms with E-state index in [1.165, 1.54) is 0 Å². The minimum absolute atomic E-state index is 0.418. The van der Waals surface area contributed by atoms with Crippen molar-refractivity contribution in [2.45, 2.75) is 58.8 Å². The minimum atomic E-state index is -0.924. The van der Waals surface area contributed by atoms with Gasteiger partial charge in [0.2, 0.25) is 0 Å². The molecular weight excluding hydrogens is 309 g/mol. The molecule has 0 bridgehead atoms. The first kappa shape index (κ1) is 18.6. The molecule has 0 radical (unpaired) electrons. The SMILES string of the molecule is CCOc1cc(B2OC(C)(C)C(C)(C)O2)ccc1N[C@@H](C)C(=O)O. The summed E-state index contributed by atoms with van der Waals surface area (Å²) in [6.07, 6.45) is 0. The third-order valence-corrected chi connectivity index (χ3v) is 4.57. The van der Waals surface area contributed by atoms with Crippen molar-refractivity contribution in [3.63, 3.8) is 0 Å². The molecule has 0 amide bonds. The maximum absolute atomic E-state index is 11.0. The number of carbonyl (C=O) groups is 1. The lowest BCUT2D eigenvalue weighted by atomic mass is 9.79. The van der Waals surface area contributed by atoms with E-state index in [9.17, 15) is 4.79 Å². The van der Waals surface area contributed by atoms with Gasteiger partial charge in [0.1, 0.15) is 11.8 Å². The van der Waals surface area contributed by atoms with E-state index < -0.39 is 30.3 Å². The molecule has 1 aliphatic heterocycles. The summed E-state index contributed by atoms with van der Waals surface area (Å²) in [5.74, 6) is -0.342. The van der Waals surface area contributed by atoms with Crippen molar-refractivity contribution in [1.82, 2.24) is 0 Å². The first-order valence-electron chi connectivity index (χ1n) is 8.19. The van der Waals surface area contributed by atoms with E-state index in [-0.39, 0.29) is 0 Å². The quantitative estimate of drug-likeness (QED) is 0.777. The lowest BCUT2D eigenvalue weighted by Crippen LogP contribution is -2.41. The summed E-state index contributed by atoms with van der Waals surface area (Å²) >= 11 is 0. The Balaban J connectivity index is 2.28. The van der Waals surface area contributed by atoms with Gasteiger partial charge in [-0.05, 0) is 59.1 Å². The zero-order valence-corrected chi connectivity index (χ0v) is 15.2. The Kier molecular flexibility index (Phi) is 5.15. The molecule has 1 aromatic rings. The van der Waals surface area contributed by atoms with Crippen LogP contribution < -0.4 is 15.5 Å². The highest BCUT2D eigenvalue weighted by Gasteiger charge is 2.51. The van der Waals surface area contributed by atoms with Crippen LogP contribution in [0.3, 0.4) is 0 Å². The fourth-order valence-corrected chi connectivity index (χ4v) is 2.35. The normalized spacial score (nSPS) is 19.8. The monoisotopic (exact) mass is 335 g/mol. The number of rotatable bonds is 6. The van der Waals surface area contributed by atoms with E-state index in [1.54, 1.807) is 13.0 Å². The van der Waals surface area contributed by atoms with E-state index in [4.69, 9.17) is 19.2 Å². The van der Waals surface area contributed by atoms with E-state index >= 15 is 0 Å². The fraction of sp³-hybridized carbons (Fsp3) is 0.588. The lowest BCUT2D eigenvalue weighted by Gasteiger charge is -2.32. The van der Waals surface area contributed by atoms with Crippen molar-refractivity contribution in [3.05, 3.63) is 18.2 Å². The van der Waals surface area contributed by atoms with Gasteiger partial charge in [0, 0.05) is 0 Å². The Morgan fingerprint density at radius 2 is 1.88 bits per heavy atom. The van der Waals surface area contributed by atoms with Gasteiger partial charge in [0.25, 0.3) is 0 Å². The minimum Gasteiger partial charge on any atom is -0.492 e. The molecule has 1 atom stereocenters. The molecule has 0 unspecified atom stereocenters. The summed E-state index contributed by atoms with van der Waals surface area (Å²) in [6.45, 7) is 11.9. The molecule has 24 heavy (non-hydrogen) atoms. The van der Waals surface area contributed by atoms with Gasteiger partial charge in [-0.15, -0.1) is 0 Å². The first-order chi connectivity index (χ1) is 11.1. The van der Waals surface area contributed by atoms with Crippen LogP contribution in [-0.4, -0.2) is 42.0 Å². The van der Waals surface area contributed by atoms with E-state index in [0.29, 0.717) is 18.0 Å². The predicted molar refractivity (Wildman–Crippen MR) is 94.0 cm³/mol. The van der Waals surface area contributed by atoms with Crippen LogP contribution in [0.2, 0.25) is 0 Å². The molecule has 1 heterocycles. The van der Waals surface area contributed by atoms with E-state index in [1.807, 2.05) is 46.8 Å². The highest BCUT2D eigenvalue weighted by Crippen LogP contribution is 2.37. The van der Waals surface area contributed by atoms with Gasteiger partial charge in [-0.25, -0.2) is 0 Å². The molecule has 0 aromatic heterocycles. The third-order valence-electron chi connectivity index (χ3n) is 4.57. The number of hydrogen-bond donors (Lipinski definition) is 2. The van der Waals surface area contributed by atoms with Gasteiger partial charge < -0.3 is 24.5 Å². The number of hydrogen-bond acceptors (Lipinski definition) is 5. The summed E-state index contributed by atoms with van der Waals surface area (Å²) in [6, 6.07) is 4.78. The Bertz CT molecular complexity index is 601. The van der Waals surface area contributed by atoms with Crippen molar-refractivity contribution in [3.8, 4) is 5.75 Å². The van der Waals surface area contributed by atoms with Crippen molar-refractivity contribution < 1.29 is 23.9 Å². The van der Waals surface area contributed by atoms with Gasteiger partial charge in [0.05, 0.1) is 23.5 Å². The standard InChI is InChI=1S/C17H26BNO5/c1-7-22-14-10-12(8-9-13(14)19-11(2)15(20)21)18-23-16(3,4)17(5,6)24-18/h8-11,19H,7H2,1-6H3,(H,20,21)/t11-/m0/s1. The van der Waals surface area contributed by atoms with Crippen LogP contribution in [0.1, 0.15) is 41.5 Å².